The second-order valence-electron chi connectivity index (χ2n) is 3.78. The number of nitrogens with zero attached hydrogens (tertiary/aromatic N) is 1. The van der Waals surface area contributed by atoms with Crippen LogP contribution in [0.25, 0.3) is 10.9 Å². The summed E-state index contributed by atoms with van der Waals surface area (Å²) in [7, 11) is 0. The minimum absolute atomic E-state index is 0.158. The molecule has 2 rings (SSSR count). The summed E-state index contributed by atoms with van der Waals surface area (Å²) in [5, 5.41) is 1.11. The number of hydrogen-bond donors (Lipinski definition) is 0. The molecule has 0 radical (unpaired) electrons. The van der Waals surface area contributed by atoms with Crippen molar-refractivity contribution in [3.05, 3.63) is 41.6 Å². The van der Waals surface area contributed by atoms with E-state index in [9.17, 15) is 4.79 Å². The van der Waals surface area contributed by atoms with Gasteiger partial charge in [-0.1, -0.05) is 18.2 Å². The van der Waals surface area contributed by atoms with Crippen molar-refractivity contribution in [2.75, 3.05) is 0 Å². The van der Waals surface area contributed by atoms with Gasteiger partial charge in [0.05, 0.1) is 11.2 Å². The lowest BCUT2D eigenvalue weighted by molar-refractivity contribution is -0.278. The molecule has 4 nitrogen and oxygen atoms in total. The number of benzene rings is 1. The Bertz CT molecular complexity index is 551. The fourth-order valence-corrected chi connectivity index (χ4v) is 1.67. The molecular weight excluding hydrogens is 218 g/mol. The number of fused-ring (bicyclic) bond motifs is 1. The third-order valence-electron chi connectivity index (χ3n) is 2.36. The van der Waals surface area contributed by atoms with Gasteiger partial charge in [0, 0.05) is 12.3 Å². The summed E-state index contributed by atoms with van der Waals surface area (Å²) in [5.74, 6) is -0.470. The predicted molar refractivity (Wildman–Crippen MR) is 63.0 cm³/mol. The lowest BCUT2D eigenvalue weighted by atomic mass is 10.1. The normalized spacial score (nSPS) is 10.5. The van der Waals surface area contributed by atoms with Crippen LogP contribution in [-0.4, -0.2) is 11.0 Å². The van der Waals surface area contributed by atoms with Crippen LogP contribution in [0.3, 0.4) is 0 Å². The average Bonchev–Trinajstić information content (AvgIpc) is 2.28. The van der Waals surface area contributed by atoms with Crippen molar-refractivity contribution < 1.29 is 14.6 Å². The largest absolute Gasteiger partial charge is 0.339 e. The van der Waals surface area contributed by atoms with E-state index < -0.39 is 5.97 Å². The third kappa shape index (κ3) is 2.79. The lowest BCUT2D eigenvalue weighted by Crippen LogP contribution is -2.02. The third-order valence-corrected chi connectivity index (χ3v) is 2.36. The first-order valence-corrected chi connectivity index (χ1v) is 5.32. The number of hydrogen-bond acceptors (Lipinski definition) is 4. The van der Waals surface area contributed by atoms with Crippen LogP contribution in [0, 0.1) is 6.92 Å². The number of carbonyl (C=O) groups is 1. The van der Waals surface area contributed by atoms with E-state index >= 15 is 0 Å². The average molecular weight is 231 g/mol. The molecule has 1 heterocycles. The molecule has 1 aromatic carbocycles. The van der Waals surface area contributed by atoms with Gasteiger partial charge in [0.25, 0.3) is 0 Å². The van der Waals surface area contributed by atoms with Gasteiger partial charge >= 0.3 is 5.97 Å². The Morgan fingerprint density at radius 1 is 1.35 bits per heavy atom. The van der Waals surface area contributed by atoms with Crippen molar-refractivity contribution >= 4 is 16.9 Å². The van der Waals surface area contributed by atoms with E-state index in [1.165, 1.54) is 6.92 Å². The standard InChI is InChI=1S/C13H13NO3/c1-9-7-11(8-16-17-10(2)15)14-13-6-4-3-5-12(9)13/h3-7H,8H2,1-2H3. The van der Waals surface area contributed by atoms with Crippen LogP contribution in [0.5, 0.6) is 0 Å². The Morgan fingerprint density at radius 2 is 2.12 bits per heavy atom. The van der Waals surface area contributed by atoms with Crippen LogP contribution in [0.1, 0.15) is 18.2 Å². The highest BCUT2D eigenvalue weighted by molar-refractivity contribution is 5.81. The lowest BCUT2D eigenvalue weighted by Gasteiger charge is -2.06. The van der Waals surface area contributed by atoms with Gasteiger partial charge in [0.15, 0.2) is 0 Å². The molecule has 0 fully saturated rings. The van der Waals surface area contributed by atoms with E-state index in [0.29, 0.717) is 0 Å². The van der Waals surface area contributed by atoms with Crippen molar-refractivity contribution in [2.24, 2.45) is 0 Å². The number of aromatic nitrogens is 1. The molecule has 0 N–H and O–H groups in total. The first-order chi connectivity index (χ1) is 8.16. The maximum Gasteiger partial charge on any atom is 0.339 e. The summed E-state index contributed by atoms with van der Waals surface area (Å²) in [6.45, 7) is 3.46. The maximum atomic E-state index is 10.5. The zero-order chi connectivity index (χ0) is 12.3. The van der Waals surface area contributed by atoms with E-state index in [0.717, 1.165) is 22.2 Å². The number of pyridine rings is 1. The first kappa shape index (κ1) is 11.5. The Kier molecular flexibility index (Phi) is 3.35. The highest BCUT2D eigenvalue weighted by Gasteiger charge is 2.03. The van der Waals surface area contributed by atoms with Crippen molar-refractivity contribution in [2.45, 2.75) is 20.5 Å². The molecule has 17 heavy (non-hydrogen) atoms. The van der Waals surface area contributed by atoms with Gasteiger partial charge in [-0.3, -0.25) is 9.87 Å². The molecule has 0 bridgehead atoms. The van der Waals surface area contributed by atoms with E-state index in [1.54, 1.807) is 0 Å². The number of carbonyl (C=O) groups excluding carboxylic acids is 1. The number of aryl methyl sites for hydroxylation is 1. The van der Waals surface area contributed by atoms with E-state index in [2.05, 4.69) is 9.87 Å². The smallest absolute Gasteiger partial charge is 0.298 e. The second kappa shape index (κ2) is 4.93. The van der Waals surface area contributed by atoms with Crippen molar-refractivity contribution in [3.63, 3.8) is 0 Å². The summed E-state index contributed by atoms with van der Waals surface area (Å²) in [4.78, 5) is 24.2. The summed E-state index contributed by atoms with van der Waals surface area (Å²) >= 11 is 0. The second-order valence-corrected chi connectivity index (χ2v) is 3.78. The molecule has 0 unspecified atom stereocenters. The zero-order valence-corrected chi connectivity index (χ0v) is 9.77. The molecule has 88 valence electrons. The van der Waals surface area contributed by atoms with E-state index in [4.69, 9.17) is 4.89 Å². The molecule has 0 aliphatic rings. The fraction of sp³-hybridized carbons (Fsp3) is 0.231. The fourth-order valence-electron chi connectivity index (χ4n) is 1.67. The molecule has 0 saturated heterocycles. The first-order valence-electron chi connectivity index (χ1n) is 5.32. The van der Waals surface area contributed by atoms with Crippen LogP contribution in [-0.2, 0) is 21.2 Å². The van der Waals surface area contributed by atoms with Gasteiger partial charge in [-0.15, -0.1) is 0 Å². The van der Waals surface area contributed by atoms with Gasteiger partial charge in [-0.05, 0) is 24.6 Å². The number of rotatable bonds is 3. The van der Waals surface area contributed by atoms with Gasteiger partial charge in [0.1, 0.15) is 6.61 Å². The molecular formula is C13H13NO3. The Labute approximate surface area is 99.1 Å². The molecule has 0 atom stereocenters. The van der Waals surface area contributed by atoms with Crippen LogP contribution in [0.15, 0.2) is 30.3 Å². The summed E-state index contributed by atoms with van der Waals surface area (Å²) in [5.41, 5.74) is 2.77. The van der Waals surface area contributed by atoms with E-state index in [-0.39, 0.29) is 6.61 Å². The van der Waals surface area contributed by atoms with Crippen LogP contribution >= 0.6 is 0 Å². The minimum atomic E-state index is -0.470. The summed E-state index contributed by atoms with van der Waals surface area (Å²) < 4.78 is 0. The SMILES string of the molecule is CC(=O)OOCc1cc(C)c2ccccc2n1. The Hall–Kier alpha value is -1.94. The highest BCUT2D eigenvalue weighted by atomic mass is 17.2. The predicted octanol–water partition coefficient (Wildman–Crippen LogP) is 2.54. The molecule has 2 aromatic rings. The molecule has 1 aromatic heterocycles. The summed E-state index contributed by atoms with van der Waals surface area (Å²) in [6, 6.07) is 9.80. The quantitative estimate of drug-likeness (QED) is 0.601. The molecule has 0 saturated carbocycles. The molecule has 0 amide bonds. The highest BCUT2D eigenvalue weighted by Crippen LogP contribution is 2.17. The molecule has 0 spiro atoms. The summed E-state index contributed by atoms with van der Waals surface area (Å²) in [6.07, 6.45) is 0. The Morgan fingerprint density at radius 3 is 2.88 bits per heavy atom. The van der Waals surface area contributed by atoms with Crippen molar-refractivity contribution in [1.82, 2.24) is 4.98 Å². The molecule has 0 aliphatic carbocycles. The molecule has 4 heteroatoms. The van der Waals surface area contributed by atoms with Crippen LogP contribution in [0.2, 0.25) is 0 Å². The van der Waals surface area contributed by atoms with Crippen LogP contribution in [0.4, 0.5) is 0 Å². The maximum absolute atomic E-state index is 10.5. The Balaban J connectivity index is 2.21. The van der Waals surface area contributed by atoms with Gasteiger partial charge in [0.2, 0.25) is 0 Å². The number of para-hydroxylation sites is 1. The van der Waals surface area contributed by atoms with Gasteiger partial charge < -0.3 is 0 Å². The minimum Gasteiger partial charge on any atom is -0.298 e. The van der Waals surface area contributed by atoms with Crippen LogP contribution < -0.4 is 0 Å². The zero-order valence-electron chi connectivity index (χ0n) is 9.77. The molecule has 0 aliphatic heterocycles. The monoisotopic (exact) mass is 231 g/mol. The van der Waals surface area contributed by atoms with E-state index in [1.807, 2.05) is 37.3 Å². The van der Waals surface area contributed by atoms with Gasteiger partial charge in [-0.2, -0.15) is 4.89 Å². The van der Waals surface area contributed by atoms with Crippen molar-refractivity contribution in [3.8, 4) is 0 Å². The van der Waals surface area contributed by atoms with Gasteiger partial charge in [-0.25, -0.2) is 4.79 Å². The topological polar surface area (TPSA) is 48.4 Å². The van der Waals surface area contributed by atoms with Crippen molar-refractivity contribution in [1.29, 1.82) is 0 Å².